The van der Waals surface area contributed by atoms with E-state index in [0.29, 0.717) is 19.7 Å². The molecular formula is C18H20N2O4S. The number of methoxy groups -OCH3 is 1. The fraction of sp³-hybridized carbons (Fsp3) is 0.389. The Morgan fingerprint density at radius 1 is 1.36 bits per heavy atom. The number of benzene rings is 1. The minimum Gasteiger partial charge on any atom is -0.469 e. The molecule has 1 aliphatic rings. The van der Waals surface area contributed by atoms with Crippen molar-refractivity contribution in [1.29, 1.82) is 0 Å². The highest BCUT2D eigenvalue weighted by Gasteiger charge is 2.26. The molecule has 1 aromatic heterocycles. The molecule has 0 spiro atoms. The van der Waals surface area contributed by atoms with E-state index < -0.39 is 0 Å². The number of carbonyl (C=O) groups is 2. The third-order valence-corrected chi connectivity index (χ3v) is 4.96. The maximum Gasteiger partial charge on any atom is 0.308 e. The van der Waals surface area contributed by atoms with E-state index in [1.54, 1.807) is 4.90 Å². The summed E-state index contributed by atoms with van der Waals surface area (Å²) in [7, 11) is 1.35. The second-order valence-electron chi connectivity index (χ2n) is 5.80. The SMILES string of the molecule is COC(=O)C[C@H]1CN(C(=O)Cc2csc(-c3ccccc3)n2)CCO1. The second-order valence-corrected chi connectivity index (χ2v) is 6.66. The zero-order valence-corrected chi connectivity index (χ0v) is 14.8. The largest absolute Gasteiger partial charge is 0.469 e. The van der Waals surface area contributed by atoms with Crippen LogP contribution in [0.3, 0.4) is 0 Å². The summed E-state index contributed by atoms with van der Waals surface area (Å²) in [5.74, 6) is -0.325. The molecule has 1 amide bonds. The van der Waals surface area contributed by atoms with Gasteiger partial charge in [-0.15, -0.1) is 11.3 Å². The van der Waals surface area contributed by atoms with Crippen molar-refractivity contribution in [3.8, 4) is 10.6 Å². The number of morpholine rings is 1. The maximum atomic E-state index is 12.5. The molecule has 1 atom stereocenters. The van der Waals surface area contributed by atoms with Gasteiger partial charge >= 0.3 is 5.97 Å². The highest BCUT2D eigenvalue weighted by atomic mass is 32.1. The number of nitrogens with zero attached hydrogens (tertiary/aromatic N) is 2. The first-order chi connectivity index (χ1) is 12.2. The smallest absolute Gasteiger partial charge is 0.308 e. The molecule has 3 rings (SSSR count). The van der Waals surface area contributed by atoms with Gasteiger partial charge in [0.15, 0.2) is 0 Å². The van der Waals surface area contributed by atoms with Crippen LogP contribution < -0.4 is 0 Å². The van der Waals surface area contributed by atoms with Gasteiger partial charge in [-0.05, 0) is 0 Å². The molecule has 132 valence electrons. The van der Waals surface area contributed by atoms with Gasteiger partial charge in [0.1, 0.15) is 5.01 Å². The van der Waals surface area contributed by atoms with Crippen molar-refractivity contribution in [3.63, 3.8) is 0 Å². The number of hydrogen-bond donors (Lipinski definition) is 0. The molecule has 1 fully saturated rings. The first-order valence-electron chi connectivity index (χ1n) is 8.11. The molecule has 0 aliphatic carbocycles. The van der Waals surface area contributed by atoms with Crippen LogP contribution in [0.15, 0.2) is 35.7 Å². The molecule has 2 heterocycles. The third-order valence-electron chi connectivity index (χ3n) is 4.02. The van der Waals surface area contributed by atoms with E-state index in [2.05, 4.69) is 9.72 Å². The van der Waals surface area contributed by atoms with Gasteiger partial charge in [0.05, 0.1) is 38.4 Å². The molecule has 6 nitrogen and oxygen atoms in total. The summed E-state index contributed by atoms with van der Waals surface area (Å²) in [5, 5.41) is 2.83. The maximum absolute atomic E-state index is 12.5. The lowest BCUT2D eigenvalue weighted by atomic mass is 10.2. The first kappa shape index (κ1) is 17.6. The van der Waals surface area contributed by atoms with Crippen LogP contribution in [0, 0.1) is 0 Å². The monoisotopic (exact) mass is 360 g/mol. The van der Waals surface area contributed by atoms with Gasteiger partial charge in [0.2, 0.25) is 5.91 Å². The van der Waals surface area contributed by atoms with Gasteiger partial charge in [-0.25, -0.2) is 4.98 Å². The standard InChI is InChI=1S/C18H20N2O4S/c1-23-17(22)10-15-11-20(7-8-24-15)16(21)9-14-12-25-18(19-14)13-5-3-2-4-6-13/h2-6,12,15H,7-11H2,1H3/t15-/m0/s1. The Kier molecular flexibility index (Phi) is 5.78. The van der Waals surface area contributed by atoms with E-state index in [0.717, 1.165) is 16.3 Å². The summed E-state index contributed by atoms with van der Waals surface area (Å²) in [4.78, 5) is 30.2. The minimum atomic E-state index is -0.327. The molecule has 0 unspecified atom stereocenters. The lowest BCUT2D eigenvalue weighted by Crippen LogP contribution is -2.46. The number of amides is 1. The Morgan fingerprint density at radius 2 is 2.16 bits per heavy atom. The van der Waals surface area contributed by atoms with Gasteiger partial charge in [0.25, 0.3) is 0 Å². The minimum absolute atomic E-state index is 0.00285. The molecule has 1 saturated heterocycles. The van der Waals surface area contributed by atoms with Gasteiger partial charge in [0, 0.05) is 24.0 Å². The highest BCUT2D eigenvalue weighted by molar-refractivity contribution is 7.13. The van der Waals surface area contributed by atoms with Crippen LogP contribution in [0.2, 0.25) is 0 Å². The number of ether oxygens (including phenoxy) is 2. The number of esters is 1. The van der Waals surface area contributed by atoms with Crippen LogP contribution in [0.5, 0.6) is 0 Å². The average Bonchev–Trinajstić information content (AvgIpc) is 3.11. The van der Waals surface area contributed by atoms with Crippen molar-refractivity contribution in [3.05, 3.63) is 41.4 Å². The molecule has 0 bridgehead atoms. The van der Waals surface area contributed by atoms with Crippen LogP contribution in [0.1, 0.15) is 12.1 Å². The van der Waals surface area contributed by atoms with Crippen molar-refractivity contribution in [2.75, 3.05) is 26.8 Å². The summed E-state index contributed by atoms with van der Waals surface area (Å²) in [6.07, 6.45) is 0.115. The van der Waals surface area contributed by atoms with Crippen LogP contribution in [-0.2, 0) is 25.5 Å². The van der Waals surface area contributed by atoms with Crippen molar-refractivity contribution in [1.82, 2.24) is 9.88 Å². The third kappa shape index (κ3) is 4.64. The Labute approximate surface area is 150 Å². The number of hydrogen-bond acceptors (Lipinski definition) is 6. The fourth-order valence-corrected chi connectivity index (χ4v) is 3.53. The molecule has 0 radical (unpaired) electrons. The van der Waals surface area contributed by atoms with E-state index in [9.17, 15) is 9.59 Å². The highest BCUT2D eigenvalue weighted by Crippen LogP contribution is 2.23. The van der Waals surface area contributed by atoms with Gasteiger partial charge in [-0.1, -0.05) is 30.3 Å². The van der Waals surface area contributed by atoms with Crippen LogP contribution in [0.4, 0.5) is 0 Å². The number of thiazole rings is 1. The van der Waals surface area contributed by atoms with E-state index >= 15 is 0 Å². The zero-order valence-electron chi connectivity index (χ0n) is 14.0. The number of aromatic nitrogens is 1. The van der Waals surface area contributed by atoms with Gasteiger partial charge < -0.3 is 14.4 Å². The molecule has 1 aliphatic heterocycles. The summed E-state index contributed by atoms with van der Waals surface area (Å²) in [6.45, 7) is 1.37. The average molecular weight is 360 g/mol. The Balaban J connectivity index is 1.58. The van der Waals surface area contributed by atoms with E-state index in [1.807, 2.05) is 35.7 Å². The first-order valence-corrected chi connectivity index (χ1v) is 8.99. The molecule has 1 aromatic carbocycles. The Morgan fingerprint density at radius 3 is 2.92 bits per heavy atom. The Hall–Kier alpha value is -2.25. The van der Waals surface area contributed by atoms with Crippen LogP contribution in [-0.4, -0.2) is 54.7 Å². The van der Waals surface area contributed by atoms with Crippen molar-refractivity contribution < 1.29 is 19.1 Å². The summed E-state index contributed by atoms with van der Waals surface area (Å²) < 4.78 is 10.2. The van der Waals surface area contributed by atoms with Crippen molar-refractivity contribution in [2.24, 2.45) is 0 Å². The van der Waals surface area contributed by atoms with E-state index in [4.69, 9.17) is 4.74 Å². The molecular weight excluding hydrogens is 340 g/mol. The fourth-order valence-electron chi connectivity index (χ4n) is 2.71. The van der Waals surface area contributed by atoms with Crippen molar-refractivity contribution in [2.45, 2.75) is 18.9 Å². The molecule has 0 saturated carbocycles. The molecule has 2 aromatic rings. The summed E-state index contributed by atoms with van der Waals surface area (Å²) in [6, 6.07) is 9.91. The number of carbonyl (C=O) groups excluding carboxylic acids is 2. The summed E-state index contributed by atoms with van der Waals surface area (Å²) in [5.41, 5.74) is 1.82. The Bertz CT molecular complexity index is 732. The predicted octanol–water partition coefficient (Wildman–Crippen LogP) is 2.14. The van der Waals surface area contributed by atoms with Crippen LogP contribution in [0.25, 0.3) is 10.6 Å². The van der Waals surface area contributed by atoms with Gasteiger partial charge in [-0.2, -0.15) is 0 Å². The second kappa shape index (κ2) is 8.22. The van der Waals surface area contributed by atoms with Gasteiger partial charge in [-0.3, -0.25) is 9.59 Å². The van der Waals surface area contributed by atoms with E-state index in [1.165, 1.54) is 18.4 Å². The molecule has 7 heteroatoms. The zero-order chi connectivity index (χ0) is 17.6. The van der Waals surface area contributed by atoms with Crippen molar-refractivity contribution >= 4 is 23.2 Å². The van der Waals surface area contributed by atoms with E-state index in [-0.39, 0.29) is 30.8 Å². The molecule has 25 heavy (non-hydrogen) atoms. The summed E-state index contributed by atoms with van der Waals surface area (Å²) >= 11 is 1.54. The normalized spacial score (nSPS) is 17.3. The lowest BCUT2D eigenvalue weighted by Gasteiger charge is -2.32. The lowest BCUT2D eigenvalue weighted by molar-refractivity contribution is -0.149. The quantitative estimate of drug-likeness (QED) is 0.764. The molecule has 0 N–H and O–H groups in total. The topological polar surface area (TPSA) is 68.7 Å². The van der Waals surface area contributed by atoms with Crippen LogP contribution >= 0.6 is 11.3 Å². The number of rotatable bonds is 5. The predicted molar refractivity (Wildman–Crippen MR) is 94.2 cm³/mol.